The molecule has 0 aliphatic rings. The van der Waals surface area contributed by atoms with Crippen molar-refractivity contribution in [2.24, 2.45) is 0 Å². The molecule has 0 aliphatic carbocycles. The number of rotatable bonds is 6. The van der Waals surface area contributed by atoms with E-state index >= 15 is 0 Å². The predicted octanol–water partition coefficient (Wildman–Crippen LogP) is 14.5. The Balaban J connectivity index is 0.00000684. The summed E-state index contributed by atoms with van der Waals surface area (Å²) in [5, 5.41) is 12.4. The zero-order valence-electron chi connectivity index (χ0n) is 43.5. The first-order valence-corrected chi connectivity index (χ1v) is 20.0. The SMILES string of the molecule is [2H]c1c([2H])c([2H])c(-c2ccnc(-c3[c-]c(-c4cccc5c4nc(-c4cc(C(C)(C)C)cc(C(C)(C)C)c4O)n5-c4cc(-c5ccccc5)cc(C([2H])([2H])[2H])c4)cc(C(C)(C)C)c3)c2)c([2H])c1[2H].[Pt]. The first-order valence-electron chi connectivity index (χ1n) is 24.0. The smallest absolute Gasteiger partial charge is 0.148 e. The minimum atomic E-state index is -2.44. The minimum absolute atomic E-state index is 0. The fourth-order valence-electron chi connectivity index (χ4n) is 7.52. The van der Waals surface area contributed by atoms with Gasteiger partial charge in [-0.1, -0.05) is 164 Å². The summed E-state index contributed by atoms with van der Waals surface area (Å²) < 4.78 is 69.9. The Morgan fingerprint density at radius 1 is 0.633 bits per heavy atom. The molecule has 6 aromatic carbocycles. The largest absolute Gasteiger partial charge is 0.507 e. The van der Waals surface area contributed by atoms with Crippen molar-refractivity contribution in [2.75, 3.05) is 0 Å². The predicted molar refractivity (Wildman–Crippen MR) is 247 cm³/mol. The van der Waals surface area contributed by atoms with Gasteiger partial charge in [0.25, 0.3) is 0 Å². The second-order valence-electron chi connectivity index (χ2n) is 18.4. The minimum Gasteiger partial charge on any atom is -0.507 e. The van der Waals surface area contributed by atoms with Crippen LogP contribution in [0.2, 0.25) is 0 Å². The quantitative estimate of drug-likeness (QED) is 0.169. The number of hydrogen-bond donors (Lipinski definition) is 1. The van der Waals surface area contributed by atoms with Crippen LogP contribution < -0.4 is 0 Å². The molecule has 8 rings (SSSR count). The standard InChI is InChI=1S/C55H54N3O.Pt/c1-35-26-39(37-20-15-12-16-21-37)31-44(27-35)58-49-23-17-22-45(50(49)57-52(58)46-33-43(54(5,6)7)34-47(51(46)59)55(8,9)10)40-28-41(30-42(29-40)53(2,3)4)48-32-38(24-25-56-48)36-18-13-11-14-19-36;/h11-27,29-34,59H,1-10H3;/q-1;/i1D3,11D,13D,14D,18D,19D;. The molecule has 0 saturated heterocycles. The molecule has 0 unspecified atom stereocenters. The van der Waals surface area contributed by atoms with Gasteiger partial charge in [0, 0.05) is 48.3 Å². The van der Waals surface area contributed by atoms with Crippen LogP contribution in [0.5, 0.6) is 5.75 Å². The maximum absolute atomic E-state index is 12.4. The van der Waals surface area contributed by atoms with Gasteiger partial charge in [0.1, 0.15) is 11.6 Å². The third kappa shape index (κ3) is 8.41. The molecule has 2 aromatic heterocycles. The van der Waals surface area contributed by atoms with E-state index in [1.807, 2.05) is 71.3 Å². The molecule has 0 bridgehead atoms. The summed E-state index contributed by atoms with van der Waals surface area (Å²) in [6, 6.07) is 34.1. The zero-order valence-corrected chi connectivity index (χ0v) is 37.8. The second kappa shape index (κ2) is 16.1. The normalized spacial score (nSPS) is 14.2. The molecule has 8 aromatic rings. The van der Waals surface area contributed by atoms with E-state index in [0.29, 0.717) is 56.1 Å². The van der Waals surface area contributed by atoms with Gasteiger partial charge >= 0.3 is 0 Å². The molecule has 0 amide bonds. The fraction of sp³-hybridized carbons (Fsp3) is 0.236. The number of imidazole rings is 1. The van der Waals surface area contributed by atoms with Crippen LogP contribution in [0.3, 0.4) is 0 Å². The van der Waals surface area contributed by atoms with Crippen molar-refractivity contribution in [2.45, 2.75) is 85.4 Å². The number of aryl methyl sites for hydroxylation is 1. The van der Waals surface area contributed by atoms with Crippen molar-refractivity contribution in [3.8, 4) is 67.5 Å². The van der Waals surface area contributed by atoms with Gasteiger partial charge in [-0.15, -0.1) is 29.3 Å². The first kappa shape index (κ1) is 33.2. The molecule has 0 radical (unpaired) electrons. The van der Waals surface area contributed by atoms with Gasteiger partial charge in [-0.05, 0) is 86.8 Å². The van der Waals surface area contributed by atoms with Gasteiger partial charge in [-0.3, -0.25) is 9.55 Å². The van der Waals surface area contributed by atoms with E-state index in [1.165, 1.54) is 0 Å². The van der Waals surface area contributed by atoms with Gasteiger partial charge in [0.15, 0.2) is 0 Å². The third-order valence-electron chi connectivity index (χ3n) is 10.8. The Bertz CT molecular complexity index is 3220. The molecule has 0 atom stereocenters. The van der Waals surface area contributed by atoms with Crippen LogP contribution in [0.15, 0.2) is 140 Å². The van der Waals surface area contributed by atoms with Gasteiger partial charge in [-0.2, -0.15) is 0 Å². The maximum atomic E-state index is 12.4. The maximum Gasteiger partial charge on any atom is 0.148 e. The van der Waals surface area contributed by atoms with E-state index in [-0.39, 0.29) is 60.9 Å². The summed E-state index contributed by atoms with van der Waals surface area (Å²) in [4.78, 5) is 10.2. The van der Waals surface area contributed by atoms with Gasteiger partial charge in [0.05, 0.1) is 23.5 Å². The fourth-order valence-corrected chi connectivity index (χ4v) is 7.52. The molecular formula is C55H54N3OPt-. The molecule has 0 spiro atoms. The van der Waals surface area contributed by atoms with Gasteiger partial charge < -0.3 is 5.11 Å². The number of benzene rings is 6. The number of phenolic OH excluding ortho intramolecular Hbond substituents is 1. The summed E-state index contributed by atoms with van der Waals surface area (Å²) >= 11 is 0. The zero-order chi connectivity index (χ0) is 48.7. The number of phenols is 1. The topological polar surface area (TPSA) is 50.9 Å². The van der Waals surface area contributed by atoms with Crippen molar-refractivity contribution in [3.63, 3.8) is 0 Å². The van der Waals surface area contributed by atoms with Crippen LogP contribution in [0.4, 0.5) is 0 Å². The molecule has 1 N–H and O–H groups in total. The molecule has 60 heavy (non-hydrogen) atoms. The molecule has 0 aliphatic heterocycles. The van der Waals surface area contributed by atoms with Crippen molar-refractivity contribution < 1.29 is 37.1 Å². The van der Waals surface area contributed by atoms with E-state index < -0.39 is 30.4 Å². The van der Waals surface area contributed by atoms with E-state index in [1.54, 1.807) is 30.5 Å². The number of para-hydroxylation sites is 1. The summed E-state index contributed by atoms with van der Waals surface area (Å²) in [5.41, 5.74) is 8.68. The van der Waals surface area contributed by atoms with Crippen molar-refractivity contribution in [3.05, 3.63) is 168 Å². The summed E-state index contributed by atoms with van der Waals surface area (Å²) in [7, 11) is 0. The monoisotopic (exact) mass is 975 g/mol. The first-order chi connectivity index (χ1) is 31.2. The number of nitrogens with zero attached hydrogens (tertiary/aromatic N) is 3. The van der Waals surface area contributed by atoms with E-state index in [2.05, 4.69) is 80.5 Å². The second-order valence-corrected chi connectivity index (χ2v) is 18.4. The van der Waals surface area contributed by atoms with E-state index in [4.69, 9.17) is 20.9 Å². The number of aromatic hydroxyl groups is 1. The number of hydrogen-bond acceptors (Lipinski definition) is 3. The van der Waals surface area contributed by atoms with Crippen LogP contribution in [-0.2, 0) is 37.3 Å². The summed E-state index contributed by atoms with van der Waals surface area (Å²) in [6.07, 6.45) is 1.57. The Morgan fingerprint density at radius 3 is 2.02 bits per heavy atom. The van der Waals surface area contributed by atoms with Gasteiger partial charge in [-0.25, -0.2) is 4.98 Å². The molecule has 0 fully saturated rings. The molecule has 306 valence electrons. The average molecular weight is 976 g/mol. The number of aromatic nitrogens is 3. The van der Waals surface area contributed by atoms with E-state index in [0.717, 1.165) is 27.8 Å². The van der Waals surface area contributed by atoms with Crippen molar-refractivity contribution in [1.82, 2.24) is 14.5 Å². The summed E-state index contributed by atoms with van der Waals surface area (Å²) in [5.74, 6) is 0.515. The van der Waals surface area contributed by atoms with Crippen LogP contribution in [-0.4, -0.2) is 19.6 Å². The average Bonchev–Trinajstić information content (AvgIpc) is 3.66. The molecular weight excluding hydrogens is 914 g/mol. The Morgan fingerprint density at radius 2 is 1.33 bits per heavy atom. The number of fused-ring (bicyclic) bond motifs is 1. The summed E-state index contributed by atoms with van der Waals surface area (Å²) in [6.45, 7) is 16.5. The molecule has 5 heteroatoms. The van der Waals surface area contributed by atoms with Gasteiger partial charge in [0.2, 0.25) is 0 Å². The Labute approximate surface area is 381 Å². The van der Waals surface area contributed by atoms with Crippen LogP contribution in [0, 0.1) is 12.9 Å². The third-order valence-corrected chi connectivity index (χ3v) is 10.8. The van der Waals surface area contributed by atoms with Crippen LogP contribution >= 0.6 is 0 Å². The van der Waals surface area contributed by atoms with Crippen LogP contribution in [0.1, 0.15) is 95.5 Å². The van der Waals surface area contributed by atoms with Crippen molar-refractivity contribution in [1.29, 1.82) is 0 Å². The Kier molecular flexibility index (Phi) is 8.92. The molecule has 0 saturated carbocycles. The van der Waals surface area contributed by atoms with E-state index in [9.17, 15) is 5.11 Å². The van der Waals surface area contributed by atoms with Crippen LogP contribution in [0.25, 0.3) is 72.7 Å². The van der Waals surface area contributed by atoms with Crippen molar-refractivity contribution >= 4 is 11.0 Å². The number of pyridine rings is 1. The Hall–Kier alpha value is -5.57. The molecule has 4 nitrogen and oxygen atoms in total. The molecule has 2 heterocycles.